The van der Waals surface area contributed by atoms with Gasteiger partial charge in [0, 0.05) is 38.4 Å². The van der Waals surface area contributed by atoms with Crippen LogP contribution in [0.15, 0.2) is 24.4 Å². The molecule has 1 spiro atoms. The van der Waals surface area contributed by atoms with Crippen molar-refractivity contribution in [2.75, 3.05) is 13.1 Å². The molecular weight excluding hydrogens is 402 g/mol. The Morgan fingerprint density at radius 1 is 1.28 bits per heavy atom. The van der Waals surface area contributed by atoms with E-state index < -0.39 is 5.97 Å². The first-order valence-corrected chi connectivity index (χ1v) is 12.1. The molecule has 5 rings (SSSR count). The Kier molecular flexibility index (Phi) is 5.52. The summed E-state index contributed by atoms with van der Waals surface area (Å²) in [5.74, 6) is 0.513. The van der Waals surface area contributed by atoms with E-state index in [2.05, 4.69) is 41.3 Å². The van der Waals surface area contributed by atoms with E-state index in [9.17, 15) is 9.90 Å². The first kappa shape index (κ1) is 21.5. The van der Waals surface area contributed by atoms with Crippen molar-refractivity contribution in [3.8, 4) is 5.75 Å². The molecule has 6 nitrogen and oxygen atoms in total. The molecule has 1 aromatic carbocycles. The van der Waals surface area contributed by atoms with Crippen molar-refractivity contribution in [3.05, 3.63) is 46.8 Å². The molecule has 1 saturated heterocycles. The van der Waals surface area contributed by atoms with Gasteiger partial charge in [0.25, 0.3) is 0 Å². The zero-order valence-electron chi connectivity index (χ0n) is 19.5. The van der Waals surface area contributed by atoms with E-state index in [1.807, 2.05) is 18.7 Å². The van der Waals surface area contributed by atoms with Gasteiger partial charge in [-0.2, -0.15) is 5.10 Å². The van der Waals surface area contributed by atoms with Gasteiger partial charge in [-0.05, 0) is 74.5 Å². The average Bonchev–Trinajstić information content (AvgIpc) is 3.54. The van der Waals surface area contributed by atoms with Crippen LogP contribution in [0.5, 0.6) is 5.75 Å². The molecule has 1 N–H and O–H groups in total. The van der Waals surface area contributed by atoms with E-state index >= 15 is 0 Å². The first-order valence-electron chi connectivity index (χ1n) is 12.1. The molecule has 32 heavy (non-hydrogen) atoms. The van der Waals surface area contributed by atoms with Crippen LogP contribution in [0, 0.1) is 18.8 Å². The molecule has 3 aliphatic rings. The summed E-state index contributed by atoms with van der Waals surface area (Å²) in [7, 11) is 1.98. The molecule has 1 aliphatic carbocycles. The summed E-state index contributed by atoms with van der Waals surface area (Å²) in [5, 5.41) is 14.1. The minimum Gasteiger partial charge on any atom is -0.487 e. The molecule has 2 fully saturated rings. The number of nitrogens with zero attached hydrogens (tertiary/aromatic N) is 3. The fourth-order valence-electron chi connectivity index (χ4n) is 5.82. The third-order valence-electron chi connectivity index (χ3n) is 7.99. The number of aryl methyl sites for hydroxylation is 3. The third-order valence-corrected chi connectivity index (χ3v) is 7.99. The Bertz CT molecular complexity index is 1000. The summed E-state index contributed by atoms with van der Waals surface area (Å²) in [4.78, 5) is 14.2. The number of hydrogen-bond donors (Lipinski definition) is 1. The average molecular weight is 438 g/mol. The Hall–Kier alpha value is -2.34. The van der Waals surface area contributed by atoms with Crippen LogP contribution in [0.25, 0.3) is 0 Å². The number of aromatic nitrogens is 2. The zero-order valence-corrected chi connectivity index (χ0v) is 19.5. The van der Waals surface area contributed by atoms with Crippen LogP contribution in [0.4, 0.5) is 0 Å². The number of fused-ring (bicyclic) bond motifs is 1. The van der Waals surface area contributed by atoms with E-state index in [1.54, 1.807) is 0 Å². The second-order valence-electron chi connectivity index (χ2n) is 10.3. The topological polar surface area (TPSA) is 67.6 Å². The van der Waals surface area contributed by atoms with Gasteiger partial charge in [0.1, 0.15) is 11.4 Å². The number of benzene rings is 1. The predicted octanol–water partition coefficient (Wildman–Crippen LogP) is 4.30. The number of piperidine rings is 1. The standard InChI is InChI=1S/C26H35N3O3/c1-17(25(30)31)24(20-5-6-20)21-7-4-19-8-9-26(32-23(19)14-21)10-12-29(13-11-26)16-22-15-28(3)27-18(22)2/h4,7,14-15,17,20,24H,5-6,8-13,16H2,1-3H3,(H,30,31)/t17-,24-/m0/s1. The third kappa shape index (κ3) is 4.17. The highest BCUT2D eigenvalue weighted by molar-refractivity contribution is 5.71. The SMILES string of the molecule is Cc1nn(C)cc1CN1CCC2(CCc3ccc([C@H](C4CC4)[C@H](C)C(=O)O)cc3O2)CC1. The maximum absolute atomic E-state index is 11.7. The lowest BCUT2D eigenvalue weighted by molar-refractivity contribution is -0.142. The van der Waals surface area contributed by atoms with Crippen LogP contribution >= 0.6 is 0 Å². The molecule has 0 bridgehead atoms. The minimum atomic E-state index is -0.701. The van der Waals surface area contributed by atoms with Gasteiger partial charge >= 0.3 is 5.97 Å². The second-order valence-corrected chi connectivity index (χ2v) is 10.3. The number of hydrogen-bond acceptors (Lipinski definition) is 4. The summed E-state index contributed by atoms with van der Waals surface area (Å²) in [6.45, 7) is 6.95. The maximum atomic E-state index is 11.7. The van der Waals surface area contributed by atoms with Crippen LogP contribution in [0.1, 0.15) is 67.3 Å². The van der Waals surface area contributed by atoms with E-state index in [-0.39, 0.29) is 17.4 Å². The van der Waals surface area contributed by atoms with Gasteiger partial charge in [-0.1, -0.05) is 19.1 Å². The monoisotopic (exact) mass is 437 g/mol. The zero-order chi connectivity index (χ0) is 22.5. The molecule has 1 saturated carbocycles. The van der Waals surface area contributed by atoms with E-state index in [0.717, 1.165) is 75.2 Å². The van der Waals surface area contributed by atoms with Crippen LogP contribution in [-0.2, 0) is 24.8 Å². The Balaban J connectivity index is 1.28. The van der Waals surface area contributed by atoms with Gasteiger partial charge in [-0.3, -0.25) is 14.4 Å². The number of carboxylic acids is 1. The first-order chi connectivity index (χ1) is 15.3. The smallest absolute Gasteiger partial charge is 0.306 e. The number of rotatable bonds is 6. The quantitative estimate of drug-likeness (QED) is 0.730. The minimum absolute atomic E-state index is 0.0837. The number of carboxylic acid groups (broad SMARTS) is 1. The van der Waals surface area contributed by atoms with Crippen molar-refractivity contribution in [2.24, 2.45) is 18.9 Å². The van der Waals surface area contributed by atoms with Gasteiger partial charge in [0.15, 0.2) is 0 Å². The molecule has 0 unspecified atom stereocenters. The number of ether oxygens (including phenoxy) is 1. The predicted molar refractivity (Wildman–Crippen MR) is 123 cm³/mol. The van der Waals surface area contributed by atoms with E-state index in [0.29, 0.717) is 5.92 Å². The summed E-state index contributed by atoms with van der Waals surface area (Å²) in [6.07, 6.45) is 8.58. The van der Waals surface area contributed by atoms with Crippen LogP contribution in [0.3, 0.4) is 0 Å². The molecule has 0 amide bonds. The summed E-state index contributed by atoms with van der Waals surface area (Å²) in [5.41, 5.74) is 4.75. The van der Waals surface area contributed by atoms with Gasteiger partial charge in [0.2, 0.25) is 0 Å². The fraction of sp³-hybridized carbons (Fsp3) is 0.615. The van der Waals surface area contributed by atoms with Crippen LogP contribution < -0.4 is 4.74 Å². The highest BCUT2D eigenvalue weighted by atomic mass is 16.5. The molecule has 1 aromatic heterocycles. The van der Waals surface area contributed by atoms with E-state index in [4.69, 9.17) is 4.74 Å². The Morgan fingerprint density at radius 3 is 2.66 bits per heavy atom. The second kappa shape index (κ2) is 8.22. The fourth-order valence-corrected chi connectivity index (χ4v) is 5.82. The largest absolute Gasteiger partial charge is 0.487 e. The van der Waals surface area contributed by atoms with Crippen molar-refractivity contribution in [2.45, 2.75) is 70.4 Å². The van der Waals surface area contributed by atoms with Crippen molar-refractivity contribution >= 4 is 5.97 Å². The molecule has 172 valence electrons. The number of carbonyl (C=O) groups is 1. The van der Waals surface area contributed by atoms with Gasteiger partial charge < -0.3 is 9.84 Å². The molecule has 3 heterocycles. The highest BCUT2D eigenvalue weighted by Gasteiger charge is 2.42. The van der Waals surface area contributed by atoms with Crippen molar-refractivity contribution in [1.82, 2.24) is 14.7 Å². The lowest BCUT2D eigenvalue weighted by Crippen LogP contribution is -2.49. The Morgan fingerprint density at radius 2 is 2.03 bits per heavy atom. The maximum Gasteiger partial charge on any atom is 0.306 e. The van der Waals surface area contributed by atoms with Crippen molar-refractivity contribution in [3.63, 3.8) is 0 Å². The molecule has 2 aromatic rings. The number of aliphatic carboxylic acids is 1. The van der Waals surface area contributed by atoms with Gasteiger partial charge in [-0.15, -0.1) is 0 Å². The summed E-state index contributed by atoms with van der Waals surface area (Å²) in [6, 6.07) is 6.51. The van der Waals surface area contributed by atoms with Crippen molar-refractivity contribution < 1.29 is 14.6 Å². The normalized spacial score (nSPS) is 22.2. The molecular formula is C26H35N3O3. The van der Waals surface area contributed by atoms with Crippen molar-refractivity contribution in [1.29, 1.82) is 0 Å². The molecule has 6 heteroatoms. The lowest BCUT2D eigenvalue weighted by atomic mass is 9.80. The molecule has 0 radical (unpaired) electrons. The highest BCUT2D eigenvalue weighted by Crippen LogP contribution is 2.48. The van der Waals surface area contributed by atoms with Gasteiger partial charge in [0.05, 0.1) is 11.6 Å². The summed E-state index contributed by atoms with van der Waals surface area (Å²) < 4.78 is 8.63. The van der Waals surface area contributed by atoms with Gasteiger partial charge in [-0.25, -0.2) is 0 Å². The summed E-state index contributed by atoms with van der Waals surface area (Å²) >= 11 is 0. The van der Waals surface area contributed by atoms with Crippen LogP contribution in [-0.4, -0.2) is 44.4 Å². The Labute approximate surface area is 190 Å². The molecule has 2 atom stereocenters. The van der Waals surface area contributed by atoms with E-state index in [1.165, 1.54) is 11.1 Å². The van der Waals surface area contributed by atoms with Crippen LogP contribution in [0.2, 0.25) is 0 Å². The lowest BCUT2D eigenvalue weighted by Gasteiger charge is -2.45. The molecule has 2 aliphatic heterocycles. The number of likely N-dealkylation sites (tertiary alicyclic amines) is 1.